The molecule has 0 N–H and O–H groups in total. The van der Waals surface area contributed by atoms with E-state index >= 15 is 0 Å². The number of hydrogen-bond acceptors (Lipinski definition) is 3. The van der Waals surface area contributed by atoms with Gasteiger partial charge in [0.25, 0.3) is 0 Å². The van der Waals surface area contributed by atoms with Crippen molar-refractivity contribution in [3.05, 3.63) is 65.2 Å². The molecular weight excluding hydrogens is 260 g/mol. The Hall–Kier alpha value is -2.20. The van der Waals surface area contributed by atoms with Gasteiger partial charge in [0.1, 0.15) is 0 Å². The first-order valence-corrected chi connectivity index (χ1v) is 6.27. The first-order valence-electron chi connectivity index (χ1n) is 5.89. The Labute approximate surface area is 115 Å². The van der Waals surface area contributed by atoms with Gasteiger partial charge in [0.05, 0.1) is 6.54 Å². The minimum absolute atomic E-state index is 0.619. The van der Waals surface area contributed by atoms with Crippen LogP contribution < -0.4 is 0 Å². The zero-order chi connectivity index (χ0) is 13.1. The Morgan fingerprint density at radius 3 is 2.42 bits per heavy atom. The van der Waals surface area contributed by atoms with Crippen molar-refractivity contribution < 1.29 is 0 Å². The Balaban J connectivity index is 1.91. The van der Waals surface area contributed by atoms with Gasteiger partial charge in [-0.1, -0.05) is 54.1 Å². The first kappa shape index (κ1) is 11.9. The van der Waals surface area contributed by atoms with Gasteiger partial charge in [0.2, 0.25) is 0 Å². The summed E-state index contributed by atoms with van der Waals surface area (Å²) >= 11 is 5.87. The molecule has 0 saturated heterocycles. The van der Waals surface area contributed by atoms with E-state index in [1.807, 2.05) is 54.6 Å². The van der Waals surface area contributed by atoms with Crippen LogP contribution in [0.3, 0.4) is 0 Å². The normalized spacial score (nSPS) is 10.6. The van der Waals surface area contributed by atoms with Crippen molar-refractivity contribution in [2.24, 2.45) is 0 Å². The van der Waals surface area contributed by atoms with E-state index in [4.69, 9.17) is 11.6 Å². The highest BCUT2D eigenvalue weighted by molar-refractivity contribution is 6.30. The van der Waals surface area contributed by atoms with E-state index in [1.165, 1.54) is 0 Å². The molecule has 1 aromatic heterocycles. The van der Waals surface area contributed by atoms with E-state index < -0.39 is 0 Å². The van der Waals surface area contributed by atoms with Gasteiger partial charge in [0, 0.05) is 10.6 Å². The number of aromatic nitrogens is 4. The molecule has 0 spiro atoms. The average molecular weight is 271 g/mol. The van der Waals surface area contributed by atoms with Gasteiger partial charge in [-0.05, 0) is 28.1 Å². The number of tetrazole rings is 1. The molecule has 94 valence electrons. The molecule has 0 saturated carbocycles. The van der Waals surface area contributed by atoms with Crippen LogP contribution in [0.1, 0.15) is 5.56 Å². The summed E-state index contributed by atoms with van der Waals surface area (Å²) in [5.74, 6) is 0.760. The molecule has 0 aliphatic carbocycles. The Bertz CT molecular complexity index is 661. The molecule has 0 atom stereocenters. The van der Waals surface area contributed by atoms with Gasteiger partial charge >= 0.3 is 0 Å². The lowest BCUT2D eigenvalue weighted by atomic mass is 10.2. The molecular formula is C14H11ClN4. The molecule has 4 nitrogen and oxygen atoms in total. The third-order valence-corrected chi connectivity index (χ3v) is 3.06. The largest absolute Gasteiger partial charge is 0.221 e. The lowest BCUT2D eigenvalue weighted by Gasteiger charge is -2.04. The lowest BCUT2D eigenvalue weighted by Crippen LogP contribution is -2.04. The Kier molecular flexibility index (Phi) is 3.25. The third-order valence-electron chi connectivity index (χ3n) is 2.81. The SMILES string of the molecule is Clc1ccc(Cn2nnnc2-c2ccccc2)cc1. The summed E-state index contributed by atoms with van der Waals surface area (Å²) in [4.78, 5) is 0. The van der Waals surface area contributed by atoms with Crippen molar-refractivity contribution in [3.63, 3.8) is 0 Å². The summed E-state index contributed by atoms with van der Waals surface area (Å²) < 4.78 is 1.78. The third kappa shape index (κ3) is 2.63. The van der Waals surface area contributed by atoms with Gasteiger partial charge in [-0.25, -0.2) is 4.68 Å². The van der Waals surface area contributed by atoms with E-state index in [-0.39, 0.29) is 0 Å². The molecule has 5 heteroatoms. The summed E-state index contributed by atoms with van der Waals surface area (Å²) in [7, 11) is 0. The first-order chi connectivity index (χ1) is 9.33. The van der Waals surface area contributed by atoms with E-state index in [2.05, 4.69) is 15.5 Å². The highest BCUT2D eigenvalue weighted by Gasteiger charge is 2.08. The maximum absolute atomic E-state index is 5.87. The van der Waals surface area contributed by atoms with E-state index in [9.17, 15) is 0 Å². The van der Waals surface area contributed by atoms with Crippen molar-refractivity contribution in [3.8, 4) is 11.4 Å². The van der Waals surface area contributed by atoms with Crippen LogP contribution in [0.2, 0.25) is 5.02 Å². The summed E-state index contributed by atoms with van der Waals surface area (Å²) in [5.41, 5.74) is 2.11. The second-order valence-corrected chi connectivity index (χ2v) is 4.59. The molecule has 0 radical (unpaired) electrons. The molecule has 0 aliphatic heterocycles. The van der Waals surface area contributed by atoms with Crippen molar-refractivity contribution in [1.29, 1.82) is 0 Å². The minimum atomic E-state index is 0.619. The molecule has 0 bridgehead atoms. The fraction of sp³-hybridized carbons (Fsp3) is 0.0714. The molecule has 2 aromatic carbocycles. The van der Waals surface area contributed by atoms with Gasteiger partial charge in [-0.2, -0.15) is 0 Å². The van der Waals surface area contributed by atoms with Crippen molar-refractivity contribution in [2.75, 3.05) is 0 Å². The van der Waals surface area contributed by atoms with Crippen molar-refractivity contribution in [1.82, 2.24) is 20.2 Å². The molecule has 0 aliphatic rings. The highest BCUT2D eigenvalue weighted by atomic mass is 35.5. The monoisotopic (exact) mass is 270 g/mol. The second-order valence-electron chi connectivity index (χ2n) is 4.15. The van der Waals surface area contributed by atoms with Gasteiger partial charge in [-0.15, -0.1) is 5.10 Å². The topological polar surface area (TPSA) is 43.6 Å². The van der Waals surface area contributed by atoms with Crippen LogP contribution in [0.25, 0.3) is 11.4 Å². The van der Waals surface area contributed by atoms with Crippen LogP contribution in [0.4, 0.5) is 0 Å². The van der Waals surface area contributed by atoms with E-state index in [0.29, 0.717) is 6.54 Å². The molecule has 0 unspecified atom stereocenters. The van der Waals surface area contributed by atoms with E-state index in [0.717, 1.165) is 22.0 Å². The van der Waals surface area contributed by atoms with Crippen molar-refractivity contribution in [2.45, 2.75) is 6.54 Å². The Morgan fingerprint density at radius 1 is 0.947 bits per heavy atom. The standard InChI is InChI=1S/C14H11ClN4/c15-13-8-6-11(7-9-13)10-19-14(16-17-18-19)12-4-2-1-3-5-12/h1-9H,10H2. The number of nitrogens with zero attached hydrogens (tertiary/aromatic N) is 4. The van der Waals surface area contributed by atoms with Crippen LogP contribution in [-0.2, 0) is 6.54 Å². The minimum Gasteiger partial charge on any atom is -0.221 e. The summed E-state index contributed by atoms with van der Waals surface area (Å²) in [6, 6.07) is 17.6. The van der Waals surface area contributed by atoms with Crippen LogP contribution in [-0.4, -0.2) is 20.2 Å². The van der Waals surface area contributed by atoms with Gasteiger partial charge in [-0.3, -0.25) is 0 Å². The molecule has 0 fully saturated rings. The summed E-state index contributed by atoms with van der Waals surface area (Å²) in [6.45, 7) is 0.619. The number of benzene rings is 2. The summed E-state index contributed by atoms with van der Waals surface area (Å²) in [6.07, 6.45) is 0. The van der Waals surface area contributed by atoms with Crippen LogP contribution in [0.15, 0.2) is 54.6 Å². The molecule has 19 heavy (non-hydrogen) atoms. The molecule has 1 heterocycles. The lowest BCUT2D eigenvalue weighted by molar-refractivity contribution is 0.653. The zero-order valence-electron chi connectivity index (χ0n) is 10.1. The number of rotatable bonds is 3. The Morgan fingerprint density at radius 2 is 1.68 bits per heavy atom. The molecule has 3 aromatic rings. The maximum atomic E-state index is 5.87. The van der Waals surface area contributed by atoms with Gasteiger partial charge in [0.15, 0.2) is 5.82 Å². The number of hydrogen-bond donors (Lipinski definition) is 0. The average Bonchev–Trinajstić information content (AvgIpc) is 2.90. The number of halogens is 1. The van der Waals surface area contributed by atoms with E-state index in [1.54, 1.807) is 4.68 Å². The fourth-order valence-corrected chi connectivity index (χ4v) is 1.99. The van der Waals surface area contributed by atoms with Crippen LogP contribution in [0.5, 0.6) is 0 Å². The summed E-state index contributed by atoms with van der Waals surface area (Å²) in [5, 5.41) is 12.6. The highest BCUT2D eigenvalue weighted by Crippen LogP contribution is 2.16. The predicted octanol–water partition coefficient (Wildman–Crippen LogP) is 3.04. The predicted molar refractivity (Wildman–Crippen MR) is 73.8 cm³/mol. The van der Waals surface area contributed by atoms with Crippen LogP contribution >= 0.6 is 11.6 Å². The smallest absolute Gasteiger partial charge is 0.182 e. The zero-order valence-corrected chi connectivity index (χ0v) is 10.8. The van der Waals surface area contributed by atoms with Crippen LogP contribution in [0, 0.1) is 0 Å². The van der Waals surface area contributed by atoms with Crippen molar-refractivity contribution >= 4 is 11.6 Å². The molecule has 3 rings (SSSR count). The van der Waals surface area contributed by atoms with Gasteiger partial charge < -0.3 is 0 Å². The maximum Gasteiger partial charge on any atom is 0.182 e. The quantitative estimate of drug-likeness (QED) is 0.735. The fourth-order valence-electron chi connectivity index (χ4n) is 1.87. The second kappa shape index (κ2) is 5.20. The molecule has 0 amide bonds.